The molecule has 2 heterocycles. The third-order valence-electron chi connectivity index (χ3n) is 5.18. The second-order valence-electron chi connectivity index (χ2n) is 7.28. The first-order valence-electron chi connectivity index (χ1n) is 9.22. The number of aliphatic hydroxyl groups is 2. The molecule has 8 heteroatoms. The van der Waals surface area contributed by atoms with E-state index in [4.69, 9.17) is 5.11 Å². The highest BCUT2D eigenvalue weighted by atomic mass is 16.3. The van der Waals surface area contributed by atoms with E-state index in [1.54, 1.807) is 12.1 Å². The fourth-order valence-electron chi connectivity index (χ4n) is 3.57. The Balaban J connectivity index is 2.01. The van der Waals surface area contributed by atoms with Crippen LogP contribution in [0.3, 0.4) is 0 Å². The first-order valence-corrected chi connectivity index (χ1v) is 9.22. The van der Waals surface area contributed by atoms with Gasteiger partial charge in [0.25, 0.3) is 11.5 Å². The fraction of sp³-hybridized carbons (Fsp3) is 0.526. The van der Waals surface area contributed by atoms with Gasteiger partial charge in [0.05, 0.1) is 24.6 Å². The van der Waals surface area contributed by atoms with Gasteiger partial charge in [-0.2, -0.15) is 0 Å². The van der Waals surface area contributed by atoms with Crippen molar-refractivity contribution in [1.82, 2.24) is 14.9 Å². The normalized spacial score (nSPS) is 21.1. The number of pyridine rings is 2. The number of fused-ring (bicyclic) bond motifs is 1. The van der Waals surface area contributed by atoms with Gasteiger partial charge in [-0.1, -0.05) is 6.92 Å². The van der Waals surface area contributed by atoms with Crippen LogP contribution in [0.4, 0.5) is 0 Å². The predicted octanol–water partition coefficient (Wildman–Crippen LogP) is 0.764. The summed E-state index contributed by atoms with van der Waals surface area (Å²) in [5, 5.41) is 32.5. The minimum absolute atomic E-state index is 0.0337. The molecule has 0 aromatic carbocycles. The minimum atomic E-state index is -1.19. The van der Waals surface area contributed by atoms with Crippen LogP contribution < -0.4 is 10.9 Å². The zero-order chi connectivity index (χ0) is 19.6. The monoisotopic (exact) mass is 375 g/mol. The molecule has 2 aromatic rings. The Bertz CT molecular complexity index is 887. The molecule has 2 aromatic heterocycles. The van der Waals surface area contributed by atoms with Crippen molar-refractivity contribution in [3.05, 3.63) is 34.2 Å². The van der Waals surface area contributed by atoms with Gasteiger partial charge in [0.15, 0.2) is 0 Å². The summed E-state index contributed by atoms with van der Waals surface area (Å²) in [6.07, 6.45) is 3.94. The summed E-state index contributed by atoms with van der Waals surface area (Å²) in [7, 11) is 0. The van der Waals surface area contributed by atoms with Gasteiger partial charge in [0.1, 0.15) is 17.0 Å². The van der Waals surface area contributed by atoms with Crippen LogP contribution >= 0.6 is 0 Å². The number of nitrogens with zero attached hydrogens (tertiary/aromatic N) is 2. The molecule has 8 nitrogen and oxygen atoms in total. The highest BCUT2D eigenvalue weighted by Gasteiger charge is 2.26. The van der Waals surface area contributed by atoms with Gasteiger partial charge in [-0.15, -0.1) is 0 Å². The molecule has 1 unspecified atom stereocenters. The number of aliphatic hydroxyl groups excluding tert-OH is 2. The quantitative estimate of drug-likeness (QED) is 0.612. The molecule has 0 radical (unpaired) electrons. The van der Waals surface area contributed by atoms with Gasteiger partial charge in [-0.05, 0) is 43.7 Å². The van der Waals surface area contributed by atoms with E-state index in [-0.39, 0.29) is 29.2 Å². The van der Waals surface area contributed by atoms with Crippen LogP contribution in [0.5, 0.6) is 5.75 Å². The van der Waals surface area contributed by atoms with Crippen LogP contribution in [-0.2, 0) is 6.54 Å². The molecule has 1 amide bonds. The number of amides is 1. The molecule has 0 saturated heterocycles. The number of aromatic hydroxyl groups is 1. The van der Waals surface area contributed by atoms with E-state index in [9.17, 15) is 19.8 Å². The van der Waals surface area contributed by atoms with Crippen molar-refractivity contribution in [1.29, 1.82) is 0 Å². The van der Waals surface area contributed by atoms with E-state index in [2.05, 4.69) is 17.2 Å². The first-order chi connectivity index (χ1) is 12.9. The van der Waals surface area contributed by atoms with Crippen LogP contribution in [0.15, 0.2) is 23.1 Å². The minimum Gasteiger partial charge on any atom is -0.506 e. The summed E-state index contributed by atoms with van der Waals surface area (Å²) in [6, 6.07) is 3.11. The Morgan fingerprint density at radius 1 is 1.37 bits per heavy atom. The van der Waals surface area contributed by atoms with Gasteiger partial charge in [-0.3, -0.25) is 14.2 Å². The summed E-state index contributed by atoms with van der Waals surface area (Å²) in [6.45, 7) is 1.40. The van der Waals surface area contributed by atoms with E-state index in [0.29, 0.717) is 5.92 Å². The van der Waals surface area contributed by atoms with E-state index in [0.717, 1.165) is 30.3 Å². The molecule has 1 saturated carbocycles. The Morgan fingerprint density at radius 2 is 2.07 bits per heavy atom. The van der Waals surface area contributed by atoms with Crippen LogP contribution in [-0.4, -0.2) is 49.5 Å². The summed E-state index contributed by atoms with van der Waals surface area (Å²) >= 11 is 0. The fourth-order valence-corrected chi connectivity index (χ4v) is 3.57. The van der Waals surface area contributed by atoms with Gasteiger partial charge < -0.3 is 20.6 Å². The van der Waals surface area contributed by atoms with E-state index < -0.39 is 29.9 Å². The second-order valence-corrected chi connectivity index (χ2v) is 7.28. The van der Waals surface area contributed by atoms with Gasteiger partial charge in [0, 0.05) is 12.2 Å². The smallest absolute Gasteiger partial charge is 0.268 e. The first kappa shape index (κ1) is 19.3. The topological polar surface area (TPSA) is 125 Å². The standard InChI is InChI=1S/C19H25N3O5/c1-11-4-6-12(7-5-11)21-18(26)15-16(25)14-3-2-8-20-17(14)22(19(15)27)9-13(24)10-23/h2-3,8,11-13,23-25H,4-7,9-10H2,1H3,(H,21,26). The average Bonchev–Trinajstić information content (AvgIpc) is 2.67. The predicted molar refractivity (Wildman–Crippen MR) is 99.6 cm³/mol. The molecule has 1 atom stereocenters. The number of hydrogen-bond donors (Lipinski definition) is 4. The molecule has 1 aliphatic rings. The molecule has 4 N–H and O–H groups in total. The average molecular weight is 375 g/mol. The number of aromatic nitrogens is 2. The zero-order valence-corrected chi connectivity index (χ0v) is 15.3. The van der Waals surface area contributed by atoms with Crippen LogP contribution in [0.2, 0.25) is 0 Å². The maximum atomic E-state index is 12.9. The molecule has 1 fully saturated rings. The number of hydrogen-bond acceptors (Lipinski definition) is 6. The lowest BCUT2D eigenvalue weighted by molar-refractivity contribution is 0.0807. The van der Waals surface area contributed by atoms with Crippen molar-refractivity contribution in [2.24, 2.45) is 5.92 Å². The molecule has 0 bridgehead atoms. The Labute approximate surface area is 156 Å². The summed E-state index contributed by atoms with van der Waals surface area (Å²) in [5.74, 6) is -0.426. The van der Waals surface area contributed by atoms with E-state index >= 15 is 0 Å². The Morgan fingerprint density at radius 3 is 2.74 bits per heavy atom. The Kier molecular flexibility index (Phi) is 5.76. The zero-order valence-electron chi connectivity index (χ0n) is 15.3. The largest absolute Gasteiger partial charge is 0.506 e. The highest BCUT2D eigenvalue weighted by Crippen LogP contribution is 2.27. The second kappa shape index (κ2) is 8.06. The van der Waals surface area contributed by atoms with Crippen molar-refractivity contribution in [2.75, 3.05) is 6.61 Å². The molecular formula is C19H25N3O5. The number of nitrogens with one attached hydrogen (secondary N) is 1. The van der Waals surface area contributed by atoms with Crippen molar-refractivity contribution < 1.29 is 20.1 Å². The molecule has 0 aliphatic heterocycles. The van der Waals surface area contributed by atoms with Crippen LogP contribution in [0.1, 0.15) is 43.0 Å². The summed E-state index contributed by atoms with van der Waals surface area (Å²) in [4.78, 5) is 29.8. The lowest BCUT2D eigenvalue weighted by Crippen LogP contribution is -2.41. The van der Waals surface area contributed by atoms with E-state index in [1.807, 2.05) is 0 Å². The van der Waals surface area contributed by atoms with Crippen molar-refractivity contribution in [3.63, 3.8) is 0 Å². The maximum absolute atomic E-state index is 12.9. The SMILES string of the molecule is CC1CCC(NC(=O)c2c(O)c3cccnc3n(CC(O)CO)c2=O)CC1. The maximum Gasteiger partial charge on any atom is 0.268 e. The third-order valence-corrected chi connectivity index (χ3v) is 5.18. The van der Waals surface area contributed by atoms with Gasteiger partial charge >= 0.3 is 0 Å². The lowest BCUT2D eigenvalue weighted by Gasteiger charge is -2.27. The third kappa shape index (κ3) is 3.96. The van der Waals surface area contributed by atoms with Crippen molar-refractivity contribution in [2.45, 2.75) is 51.3 Å². The van der Waals surface area contributed by atoms with Crippen molar-refractivity contribution >= 4 is 16.9 Å². The molecule has 1 aliphatic carbocycles. The number of carbonyl (C=O) groups excluding carboxylic acids is 1. The number of carbonyl (C=O) groups is 1. The van der Waals surface area contributed by atoms with Crippen LogP contribution in [0, 0.1) is 5.92 Å². The van der Waals surface area contributed by atoms with Gasteiger partial charge in [-0.25, -0.2) is 4.98 Å². The van der Waals surface area contributed by atoms with Crippen LogP contribution in [0.25, 0.3) is 11.0 Å². The summed E-state index contributed by atoms with van der Waals surface area (Å²) < 4.78 is 1.12. The molecular weight excluding hydrogens is 350 g/mol. The lowest BCUT2D eigenvalue weighted by atomic mass is 9.87. The molecule has 146 valence electrons. The highest BCUT2D eigenvalue weighted by molar-refractivity contribution is 6.01. The summed E-state index contributed by atoms with van der Waals surface area (Å²) in [5.41, 5.74) is -0.956. The van der Waals surface area contributed by atoms with Crippen molar-refractivity contribution in [3.8, 4) is 5.75 Å². The van der Waals surface area contributed by atoms with E-state index in [1.165, 1.54) is 6.20 Å². The molecule has 27 heavy (non-hydrogen) atoms. The molecule has 3 rings (SSSR count). The Hall–Kier alpha value is -2.45. The number of rotatable bonds is 5. The molecule has 0 spiro atoms. The van der Waals surface area contributed by atoms with Gasteiger partial charge in [0.2, 0.25) is 0 Å².